The minimum absolute atomic E-state index is 0.0325. The SMILES string of the molecule is COc1ccc(C(=O)Nc2cccc(CN3C(=O)[C@]4(O[C@H](CC(=O)N5CCC[C@H]5CO)C[C@@H]4C)c4ccccc43)c2)cc1. The molecule has 3 heterocycles. The van der Waals surface area contributed by atoms with Crippen molar-refractivity contribution in [2.45, 2.75) is 56.9 Å². The molecule has 224 valence electrons. The Morgan fingerprint density at radius 2 is 1.88 bits per heavy atom. The minimum atomic E-state index is -1.16. The first-order valence-electron chi connectivity index (χ1n) is 14.9. The van der Waals surface area contributed by atoms with Gasteiger partial charge in [-0.2, -0.15) is 0 Å². The fourth-order valence-corrected chi connectivity index (χ4v) is 6.85. The lowest BCUT2D eigenvalue weighted by atomic mass is 9.83. The van der Waals surface area contributed by atoms with Crippen LogP contribution in [0.4, 0.5) is 11.4 Å². The van der Waals surface area contributed by atoms with Gasteiger partial charge in [-0.05, 0) is 67.3 Å². The zero-order valence-electron chi connectivity index (χ0n) is 24.5. The number of benzene rings is 3. The van der Waals surface area contributed by atoms with Crippen LogP contribution in [0.5, 0.6) is 5.75 Å². The summed E-state index contributed by atoms with van der Waals surface area (Å²) in [6.45, 7) is 2.93. The van der Waals surface area contributed by atoms with Crippen molar-refractivity contribution in [3.63, 3.8) is 0 Å². The number of para-hydroxylation sites is 1. The van der Waals surface area contributed by atoms with E-state index < -0.39 is 11.7 Å². The summed E-state index contributed by atoms with van der Waals surface area (Å²) in [5.74, 6) is 0.126. The summed E-state index contributed by atoms with van der Waals surface area (Å²) in [4.78, 5) is 43.8. The van der Waals surface area contributed by atoms with Crippen molar-refractivity contribution in [1.29, 1.82) is 0 Å². The van der Waals surface area contributed by atoms with Crippen molar-refractivity contribution in [3.05, 3.63) is 89.5 Å². The summed E-state index contributed by atoms with van der Waals surface area (Å²) in [5, 5.41) is 12.6. The largest absolute Gasteiger partial charge is 0.497 e. The standard InChI is InChI=1S/C34H37N3O6/c1-22-17-28(19-31(39)36-16-6-9-26(36)21-38)43-34(22)29-10-3-4-11-30(29)37(33(34)41)20-23-7-5-8-25(18-23)35-32(40)24-12-14-27(42-2)15-13-24/h3-5,7-8,10-15,18,22,26,28,38H,6,9,16-17,19-21H2,1-2H3,(H,35,40)/t22-,26-,28-,34+/m0/s1. The van der Waals surface area contributed by atoms with E-state index in [1.165, 1.54) is 0 Å². The molecule has 2 saturated heterocycles. The smallest absolute Gasteiger partial charge is 0.264 e. The second-order valence-corrected chi connectivity index (χ2v) is 11.7. The van der Waals surface area contributed by atoms with E-state index >= 15 is 0 Å². The molecule has 2 N–H and O–H groups in total. The van der Waals surface area contributed by atoms with E-state index in [4.69, 9.17) is 9.47 Å². The van der Waals surface area contributed by atoms with Crippen molar-refractivity contribution in [1.82, 2.24) is 4.90 Å². The number of fused-ring (bicyclic) bond motifs is 2. The number of anilines is 2. The molecule has 0 bridgehead atoms. The van der Waals surface area contributed by atoms with E-state index in [-0.39, 0.29) is 42.7 Å². The van der Waals surface area contributed by atoms with Crippen LogP contribution < -0.4 is 15.0 Å². The molecule has 0 saturated carbocycles. The number of carbonyl (C=O) groups is 3. The molecule has 1 spiro atoms. The number of nitrogens with zero attached hydrogens (tertiary/aromatic N) is 2. The fraction of sp³-hybridized carbons (Fsp3) is 0.382. The first-order chi connectivity index (χ1) is 20.8. The number of aliphatic hydroxyl groups is 1. The van der Waals surface area contributed by atoms with E-state index in [9.17, 15) is 19.5 Å². The van der Waals surface area contributed by atoms with Gasteiger partial charge in [0.2, 0.25) is 5.91 Å². The molecule has 2 fully saturated rings. The van der Waals surface area contributed by atoms with Gasteiger partial charge in [0.05, 0.1) is 44.5 Å². The van der Waals surface area contributed by atoms with Crippen LogP contribution in [0.1, 0.15) is 54.1 Å². The van der Waals surface area contributed by atoms with Crippen LogP contribution in [0, 0.1) is 5.92 Å². The number of aliphatic hydroxyl groups excluding tert-OH is 1. The van der Waals surface area contributed by atoms with Crippen LogP contribution in [-0.2, 0) is 26.5 Å². The number of amides is 3. The van der Waals surface area contributed by atoms with Gasteiger partial charge in [0.25, 0.3) is 11.8 Å². The normalized spacial score (nSPS) is 24.4. The maximum absolute atomic E-state index is 14.3. The summed E-state index contributed by atoms with van der Waals surface area (Å²) >= 11 is 0. The molecule has 9 nitrogen and oxygen atoms in total. The number of hydrogen-bond acceptors (Lipinski definition) is 6. The molecule has 6 rings (SSSR count). The van der Waals surface area contributed by atoms with E-state index in [0.29, 0.717) is 36.5 Å². The van der Waals surface area contributed by atoms with Crippen LogP contribution in [0.2, 0.25) is 0 Å². The van der Waals surface area contributed by atoms with Crippen molar-refractivity contribution in [2.24, 2.45) is 5.92 Å². The monoisotopic (exact) mass is 583 g/mol. The van der Waals surface area contributed by atoms with Crippen LogP contribution in [-0.4, -0.2) is 60.1 Å². The Bertz CT molecular complexity index is 1520. The highest BCUT2D eigenvalue weighted by Crippen LogP contribution is 2.53. The van der Waals surface area contributed by atoms with Gasteiger partial charge >= 0.3 is 0 Å². The lowest BCUT2D eigenvalue weighted by Crippen LogP contribution is -2.44. The predicted octanol–water partition coefficient (Wildman–Crippen LogP) is 4.49. The van der Waals surface area contributed by atoms with Gasteiger partial charge in [0.15, 0.2) is 5.60 Å². The van der Waals surface area contributed by atoms with Gasteiger partial charge in [-0.3, -0.25) is 14.4 Å². The molecule has 43 heavy (non-hydrogen) atoms. The number of rotatable bonds is 8. The van der Waals surface area contributed by atoms with Gasteiger partial charge in [-0.15, -0.1) is 0 Å². The third-order valence-electron chi connectivity index (χ3n) is 9.01. The van der Waals surface area contributed by atoms with Crippen molar-refractivity contribution in [3.8, 4) is 5.75 Å². The van der Waals surface area contributed by atoms with Crippen molar-refractivity contribution in [2.75, 3.05) is 30.5 Å². The Labute approximate surface area is 251 Å². The second kappa shape index (κ2) is 11.8. The molecule has 3 aliphatic heterocycles. The molecule has 4 atom stereocenters. The average molecular weight is 584 g/mol. The van der Waals surface area contributed by atoms with E-state index in [2.05, 4.69) is 5.32 Å². The van der Waals surface area contributed by atoms with Crippen LogP contribution in [0.3, 0.4) is 0 Å². The average Bonchev–Trinajstić information content (AvgIpc) is 3.70. The lowest BCUT2D eigenvalue weighted by molar-refractivity contribution is -0.150. The second-order valence-electron chi connectivity index (χ2n) is 11.7. The Kier molecular flexibility index (Phi) is 7.94. The Morgan fingerprint density at radius 3 is 2.65 bits per heavy atom. The lowest BCUT2D eigenvalue weighted by Gasteiger charge is -2.29. The molecule has 0 radical (unpaired) electrons. The molecule has 3 aliphatic rings. The highest BCUT2D eigenvalue weighted by molar-refractivity contribution is 6.07. The van der Waals surface area contributed by atoms with Gasteiger partial charge in [0, 0.05) is 29.3 Å². The first kappa shape index (κ1) is 28.9. The van der Waals surface area contributed by atoms with Crippen LogP contribution >= 0.6 is 0 Å². The number of likely N-dealkylation sites (tertiary alicyclic amines) is 1. The molecule has 9 heteroatoms. The minimum Gasteiger partial charge on any atom is -0.497 e. The summed E-state index contributed by atoms with van der Waals surface area (Å²) < 4.78 is 11.8. The van der Waals surface area contributed by atoms with Gasteiger partial charge in [-0.25, -0.2) is 0 Å². The number of nitrogens with one attached hydrogen (secondary N) is 1. The number of ether oxygens (including phenoxy) is 2. The Morgan fingerprint density at radius 1 is 1.09 bits per heavy atom. The highest BCUT2D eigenvalue weighted by Gasteiger charge is 2.60. The topological polar surface area (TPSA) is 108 Å². The molecule has 3 aromatic rings. The Balaban J connectivity index is 1.19. The molecule has 0 aromatic heterocycles. The summed E-state index contributed by atoms with van der Waals surface area (Å²) in [6.07, 6.45) is 2.08. The van der Waals surface area contributed by atoms with Crippen LogP contribution in [0.15, 0.2) is 72.8 Å². The molecular weight excluding hydrogens is 546 g/mol. The summed E-state index contributed by atoms with van der Waals surface area (Å²) in [7, 11) is 1.58. The molecule has 0 unspecified atom stereocenters. The maximum atomic E-state index is 14.3. The van der Waals surface area contributed by atoms with Gasteiger partial charge in [0.1, 0.15) is 5.75 Å². The van der Waals surface area contributed by atoms with Gasteiger partial charge < -0.3 is 29.7 Å². The number of hydrogen-bond donors (Lipinski definition) is 2. The highest BCUT2D eigenvalue weighted by atomic mass is 16.5. The van der Waals surface area contributed by atoms with Crippen molar-refractivity contribution < 1.29 is 29.0 Å². The fourth-order valence-electron chi connectivity index (χ4n) is 6.85. The third-order valence-corrected chi connectivity index (χ3v) is 9.01. The van der Waals surface area contributed by atoms with E-state index in [1.807, 2.05) is 55.5 Å². The van der Waals surface area contributed by atoms with Crippen molar-refractivity contribution >= 4 is 29.1 Å². The number of methoxy groups -OCH3 is 1. The van der Waals surface area contributed by atoms with Gasteiger partial charge in [-0.1, -0.05) is 37.3 Å². The third kappa shape index (κ3) is 5.28. The molecule has 0 aliphatic carbocycles. The molecular formula is C34H37N3O6. The molecule has 3 amide bonds. The zero-order valence-corrected chi connectivity index (χ0v) is 24.5. The van der Waals surface area contributed by atoms with E-state index in [1.54, 1.807) is 41.2 Å². The summed E-state index contributed by atoms with van der Waals surface area (Å²) in [6, 6.07) is 21.9. The quantitative estimate of drug-likeness (QED) is 0.405. The van der Waals surface area contributed by atoms with E-state index in [0.717, 1.165) is 29.7 Å². The van der Waals surface area contributed by atoms with Crippen LogP contribution in [0.25, 0.3) is 0 Å². The Hall–Kier alpha value is -4.21. The predicted molar refractivity (Wildman–Crippen MR) is 162 cm³/mol. The first-order valence-corrected chi connectivity index (χ1v) is 14.9. The maximum Gasteiger partial charge on any atom is 0.264 e. The number of carbonyl (C=O) groups excluding carboxylic acids is 3. The summed E-state index contributed by atoms with van der Waals surface area (Å²) in [5.41, 5.74) is 2.44. The molecule has 3 aromatic carbocycles. The zero-order chi connectivity index (χ0) is 30.1.